The minimum absolute atomic E-state index is 0.0586. The van der Waals surface area contributed by atoms with Gasteiger partial charge in [-0.2, -0.15) is 0 Å². The van der Waals surface area contributed by atoms with E-state index in [1.54, 1.807) is 13.1 Å². The fraction of sp³-hybridized carbons (Fsp3) is 0.231. The van der Waals surface area contributed by atoms with Crippen LogP contribution in [0.3, 0.4) is 0 Å². The Kier molecular flexibility index (Phi) is 3.43. The molecule has 0 bridgehead atoms. The van der Waals surface area contributed by atoms with Crippen LogP contribution < -0.4 is 0 Å². The van der Waals surface area contributed by atoms with Gasteiger partial charge in [-0.3, -0.25) is 4.79 Å². The van der Waals surface area contributed by atoms with Gasteiger partial charge in [0.2, 0.25) is 0 Å². The smallest absolute Gasteiger partial charge is 0.161 e. The van der Waals surface area contributed by atoms with Gasteiger partial charge in [-0.05, 0) is 25.1 Å². The van der Waals surface area contributed by atoms with Crippen LogP contribution in [0.25, 0.3) is 5.69 Å². The Hall–Kier alpha value is -1.42. The molecule has 0 unspecified atom stereocenters. The molecule has 1 heterocycles. The number of benzene rings is 1. The molecule has 0 amide bonds. The van der Waals surface area contributed by atoms with Gasteiger partial charge in [-0.15, -0.1) is 0 Å². The number of halogens is 1. The van der Waals surface area contributed by atoms with Crippen molar-refractivity contribution in [1.82, 2.24) is 9.55 Å². The molecule has 0 aliphatic rings. The first-order chi connectivity index (χ1) is 8.13. The maximum atomic E-state index is 11.6. The SMILES string of the molecule is CCc1nccn1-c1cc(Br)ccc1C(C)=O. The van der Waals surface area contributed by atoms with Gasteiger partial charge in [0, 0.05) is 28.9 Å². The highest BCUT2D eigenvalue weighted by Gasteiger charge is 2.11. The minimum Gasteiger partial charge on any atom is -0.303 e. The molecule has 0 aliphatic carbocycles. The number of ketones is 1. The van der Waals surface area contributed by atoms with Gasteiger partial charge in [-0.25, -0.2) is 4.98 Å². The molecule has 0 aliphatic heterocycles. The molecule has 1 aromatic heterocycles. The highest BCUT2D eigenvalue weighted by Crippen LogP contribution is 2.22. The number of hydrogen-bond donors (Lipinski definition) is 0. The molecule has 88 valence electrons. The van der Waals surface area contributed by atoms with Crippen LogP contribution in [0.15, 0.2) is 35.1 Å². The Balaban J connectivity index is 2.65. The van der Waals surface area contributed by atoms with Crippen LogP contribution >= 0.6 is 15.9 Å². The lowest BCUT2D eigenvalue weighted by atomic mass is 10.1. The number of nitrogens with zero attached hydrogens (tertiary/aromatic N) is 2. The molecule has 2 aromatic rings. The first-order valence-corrected chi connectivity index (χ1v) is 6.26. The van der Waals surface area contributed by atoms with E-state index in [1.165, 1.54) is 0 Å². The lowest BCUT2D eigenvalue weighted by molar-refractivity contribution is 0.101. The van der Waals surface area contributed by atoms with E-state index in [0.29, 0.717) is 5.56 Å². The van der Waals surface area contributed by atoms with Crippen molar-refractivity contribution in [3.63, 3.8) is 0 Å². The highest BCUT2D eigenvalue weighted by atomic mass is 79.9. The molecule has 0 spiro atoms. The number of aromatic nitrogens is 2. The van der Waals surface area contributed by atoms with Crippen LogP contribution in [0.1, 0.15) is 30.0 Å². The van der Waals surface area contributed by atoms with Crippen molar-refractivity contribution in [3.05, 3.63) is 46.5 Å². The summed E-state index contributed by atoms with van der Waals surface area (Å²) in [6, 6.07) is 5.65. The van der Waals surface area contributed by atoms with E-state index >= 15 is 0 Å². The van der Waals surface area contributed by atoms with E-state index < -0.39 is 0 Å². The third-order valence-electron chi connectivity index (χ3n) is 2.63. The average molecular weight is 293 g/mol. The van der Waals surface area contributed by atoms with Crippen LogP contribution in [0.2, 0.25) is 0 Å². The largest absolute Gasteiger partial charge is 0.303 e. The number of hydrogen-bond acceptors (Lipinski definition) is 2. The van der Waals surface area contributed by atoms with Gasteiger partial charge in [-0.1, -0.05) is 22.9 Å². The molecule has 0 radical (unpaired) electrons. The Labute approximate surface area is 109 Å². The summed E-state index contributed by atoms with van der Waals surface area (Å²) in [6.07, 6.45) is 4.47. The topological polar surface area (TPSA) is 34.9 Å². The summed E-state index contributed by atoms with van der Waals surface area (Å²) < 4.78 is 2.91. The Morgan fingerprint density at radius 2 is 2.24 bits per heavy atom. The summed E-state index contributed by atoms with van der Waals surface area (Å²) in [5.41, 5.74) is 1.59. The molecule has 0 N–H and O–H groups in total. The highest BCUT2D eigenvalue weighted by molar-refractivity contribution is 9.10. The Morgan fingerprint density at radius 1 is 1.47 bits per heavy atom. The van der Waals surface area contributed by atoms with Crippen LogP contribution in [-0.2, 0) is 6.42 Å². The van der Waals surface area contributed by atoms with E-state index in [9.17, 15) is 4.79 Å². The van der Waals surface area contributed by atoms with Gasteiger partial charge < -0.3 is 4.57 Å². The lowest BCUT2D eigenvalue weighted by Crippen LogP contribution is -2.05. The van der Waals surface area contributed by atoms with Gasteiger partial charge in [0.15, 0.2) is 5.78 Å². The molecule has 0 saturated heterocycles. The summed E-state index contributed by atoms with van der Waals surface area (Å²) in [5.74, 6) is 1.01. The molecule has 4 heteroatoms. The van der Waals surface area contributed by atoms with Crippen molar-refractivity contribution >= 4 is 21.7 Å². The van der Waals surface area contributed by atoms with Gasteiger partial charge in [0.05, 0.1) is 5.69 Å². The third-order valence-corrected chi connectivity index (χ3v) is 3.13. The summed E-state index contributed by atoms with van der Waals surface area (Å²) in [5, 5.41) is 0. The van der Waals surface area contributed by atoms with Gasteiger partial charge in [0.1, 0.15) is 5.82 Å². The van der Waals surface area contributed by atoms with E-state index in [-0.39, 0.29) is 5.78 Å². The van der Waals surface area contributed by atoms with Gasteiger partial charge in [0.25, 0.3) is 0 Å². The van der Waals surface area contributed by atoms with Crippen molar-refractivity contribution < 1.29 is 4.79 Å². The fourth-order valence-corrected chi connectivity index (χ4v) is 2.17. The first-order valence-electron chi connectivity index (χ1n) is 5.46. The van der Waals surface area contributed by atoms with E-state index in [2.05, 4.69) is 20.9 Å². The van der Waals surface area contributed by atoms with Crippen LogP contribution in [0, 0.1) is 0 Å². The molecule has 3 nitrogen and oxygen atoms in total. The fourth-order valence-electron chi connectivity index (χ4n) is 1.82. The van der Waals surface area contributed by atoms with E-state index in [1.807, 2.05) is 35.9 Å². The molecule has 17 heavy (non-hydrogen) atoms. The average Bonchev–Trinajstić information content (AvgIpc) is 2.76. The number of aryl methyl sites for hydroxylation is 1. The molecule has 0 atom stereocenters. The summed E-state index contributed by atoms with van der Waals surface area (Å²) in [6.45, 7) is 3.62. The van der Waals surface area contributed by atoms with Crippen molar-refractivity contribution in [3.8, 4) is 5.69 Å². The zero-order valence-corrected chi connectivity index (χ0v) is 11.4. The Morgan fingerprint density at radius 3 is 2.88 bits per heavy atom. The zero-order chi connectivity index (χ0) is 12.4. The molecule has 0 fully saturated rings. The normalized spacial score (nSPS) is 10.5. The van der Waals surface area contributed by atoms with Crippen LogP contribution in [0.4, 0.5) is 0 Å². The van der Waals surface area contributed by atoms with Crippen molar-refractivity contribution in [2.75, 3.05) is 0 Å². The number of Topliss-reactive ketones (excluding diaryl/α,β-unsaturated/α-hetero) is 1. The number of carbonyl (C=O) groups is 1. The van der Waals surface area contributed by atoms with Crippen molar-refractivity contribution in [2.24, 2.45) is 0 Å². The second kappa shape index (κ2) is 4.84. The molecular formula is C13H13BrN2O. The minimum atomic E-state index is 0.0586. The third kappa shape index (κ3) is 2.31. The lowest BCUT2D eigenvalue weighted by Gasteiger charge is -2.11. The standard InChI is InChI=1S/C13H13BrN2O/c1-3-13-15-6-7-16(13)12-8-10(14)4-5-11(12)9(2)17/h4-8H,3H2,1-2H3. The van der Waals surface area contributed by atoms with Crippen molar-refractivity contribution in [1.29, 1.82) is 0 Å². The number of carbonyl (C=O) groups excluding carboxylic acids is 1. The second-order valence-corrected chi connectivity index (χ2v) is 4.70. The zero-order valence-electron chi connectivity index (χ0n) is 9.77. The van der Waals surface area contributed by atoms with E-state index in [4.69, 9.17) is 0 Å². The summed E-state index contributed by atoms with van der Waals surface area (Å²) in [7, 11) is 0. The number of imidazole rings is 1. The predicted molar refractivity (Wildman–Crippen MR) is 70.6 cm³/mol. The monoisotopic (exact) mass is 292 g/mol. The molecule has 1 aromatic carbocycles. The van der Waals surface area contributed by atoms with Crippen LogP contribution in [0.5, 0.6) is 0 Å². The summed E-state index contributed by atoms with van der Waals surface area (Å²) >= 11 is 3.43. The molecule has 2 rings (SSSR count). The maximum absolute atomic E-state index is 11.6. The van der Waals surface area contributed by atoms with E-state index in [0.717, 1.165) is 22.4 Å². The molecular weight excluding hydrogens is 280 g/mol. The quantitative estimate of drug-likeness (QED) is 0.813. The second-order valence-electron chi connectivity index (χ2n) is 3.78. The number of rotatable bonds is 3. The van der Waals surface area contributed by atoms with Crippen molar-refractivity contribution in [2.45, 2.75) is 20.3 Å². The predicted octanol–water partition coefficient (Wildman–Crippen LogP) is 3.40. The Bertz CT molecular complexity index is 560. The van der Waals surface area contributed by atoms with Gasteiger partial charge >= 0.3 is 0 Å². The maximum Gasteiger partial charge on any atom is 0.161 e. The first kappa shape index (κ1) is 12.0. The van der Waals surface area contributed by atoms with Crippen LogP contribution in [-0.4, -0.2) is 15.3 Å². The molecule has 0 saturated carbocycles. The summed E-state index contributed by atoms with van der Waals surface area (Å²) in [4.78, 5) is 15.9.